The highest BCUT2D eigenvalue weighted by Gasteiger charge is 2.24. The van der Waals surface area contributed by atoms with Crippen molar-refractivity contribution < 1.29 is 9.18 Å². The van der Waals surface area contributed by atoms with Crippen molar-refractivity contribution in [2.45, 2.75) is 23.9 Å². The Hall–Kier alpha value is -3.45. The summed E-state index contributed by atoms with van der Waals surface area (Å²) in [4.78, 5) is 14.7. The number of thioether (sulfide) groups is 1. The topological polar surface area (TPSA) is 51.0 Å². The summed E-state index contributed by atoms with van der Waals surface area (Å²) in [6.07, 6.45) is 0. The van der Waals surface area contributed by atoms with Crippen LogP contribution in [0.4, 0.5) is 4.39 Å². The molecule has 162 valence electrons. The lowest BCUT2D eigenvalue weighted by Crippen LogP contribution is -2.32. The van der Waals surface area contributed by atoms with Gasteiger partial charge < -0.3 is 4.90 Å². The van der Waals surface area contributed by atoms with Gasteiger partial charge in [0.05, 0.1) is 5.25 Å². The van der Waals surface area contributed by atoms with Gasteiger partial charge in [0.2, 0.25) is 5.91 Å². The van der Waals surface area contributed by atoms with Crippen molar-refractivity contribution in [2.75, 3.05) is 7.05 Å². The van der Waals surface area contributed by atoms with Crippen LogP contribution in [0, 0.1) is 5.82 Å². The molecule has 0 radical (unpaired) electrons. The summed E-state index contributed by atoms with van der Waals surface area (Å²) < 4.78 is 15.4. The Bertz CT molecular complexity index is 1180. The third kappa shape index (κ3) is 4.89. The minimum atomic E-state index is -0.379. The van der Waals surface area contributed by atoms with Crippen LogP contribution in [0.1, 0.15) is 12.5 Å². The molecule has 0 aliphatic heterocycles. The molecule has 4 rings (SSSR count). The van der Waals surface area contributed by atoms with Gasteiger partial charge in [0.1, 0.15) is 5.82 Å². The van der Waals surface area contributed by atoms with Crippen LogP contribution in [-0.2, 0) is 11.3 Å². The summed E-state index contributed by atoms with van der Waals surface area (Å²) in [5.74, 6) is 0.314. The van der Waals surface area contributed by atoms with Crippen molar-refractivity contribution in [1.29, 1.82) is 0 Å². The molecule has 1 unspecified atom stereocenters. The standard InChI is InChI=1S/C25H23FN4OS/c1-18(24(31)29(2)17-19-9-5-3-6-10-19)32-25-28-27-23(20-11-7-4-8-12-20)30(25)22-15-13-21(26)14-16-22/h3-16,18H,17H2,1-2H3. The number of carbonyl (C=O) groups excluding carboxylic acids is 1. The van der Waals surface area contributed by atoms with Crippen LogP contribution in [-0.4, -0.2) is 37.9 Å². The molecular formula is C25H23FN4OS. The fourth-order valence-corrected chi connectivity index (χ4v) is 4.38. The van der Waals surface area contributed by atoms with Crippen molar-refractivity contribution in [3.63, 3.8) is 0 Å². The third-order valence-corrected chi connectivity index (χ3v) is 6.05. The second-order valence-electron chi connectivity index (χ2n) is 7.42. The molecule has 0 aliphatic carbocycles. The molecule has 1 aromatic heterocycles. The normalized spacial score (nSPS) is 11.8. The molecule has 7 heteroatoms. The number of hydrogen-bond donors (Lipinski definition) is 0. The van der Waals surface area contributed by atoms with E-state index in [2.05, 4.69) is 10.2 Å². The van der Waals surface area contributed by atoms with E-state index < -0.39 is 0 Å². The summed E-state index contributed by atoms with van der Waals surface area (Å²) in [5, 5.41) is 8.95. The largest absolute Gasteiger partial charge is 0.340 e. The second kappa shape index (κ2) is 9.78. The monoisotopic (exact) mass is 446 g/mol. The first-order valence-electron chi connectivity index (χ1n) is 10.3. The number of rotatable bonds is 7. The van der Waals surface area contributed by atoms with Crippen LogP contribution in [0.3, 0.4) is 0 Å². The van der Waals surface area contributed by atoms with E-state index in [1.54, 1.807) is 24.1 Å². The summed E-state index contributed by atoms with van der Waals surface area (Å²) in [6.45, 7) is 2.39. The van der Waals surface area contributed by atoms with Crippen LogP contribution < -0.4 is 0 Å². The summed E-state index contributed by atoms with van der Waals surface area (Å²) >= 11 is 1.34. The van der Waals surface area contributed by atoms with Gasteiger partial charge in [-0.15, -0.1) is 10.2 Å². The molecule has 1 amide bonds. The molecule has 4 aromatic rings. The zero-order valence-electron chi connectivity index (χ0n) is 17.9. The first kappa shape index (κ1) is 21.8. The number of nitrogens with zero attached hydrogens (tertiary/aromatic N) is 4. The van der Waals surface area contributed by atoms with Crippen LogP contribution in [0.2, 0.25) is 0 Å². The van der Waals surface area contributed by atoms with Gasteiger partial charge in [0.15, 0.2) is 11.0 Å². The van der Waals surface area contributed by atoms with E-state index in [1.807, 2.05) is 72.2 Å². The smallest absolute Gasteiger partial charge is 0.235 e. The van der Waals surface area contributed by atoms with Gasteiger partial charge in [0.25, 0.3) is 0 Å². The van der Waals surface area contributed by atoms with Crippen LogP contribution >= 0.6 is 11.8 Å². The minimum absolute atomic E-state index is 0.00577. The molecule has 5 nitrogen and oxygen atoms in total. The molecule has 0 N–H and O–H groups in total. The van der Waals surface area contributed by atoms with Crippen LogP contribution in [0.25, 0.3) is 17.1 Å². The maximum atomic E-state index is 13.5. The second-order valence-corrected chi connectivity index (χ2v) is 8.73. The first-order valence-corrected chi connectivity index (χ1v) is 11.1. The predicted molar refractivity (Wildman–Crippen MR) is 125 cm³/mol. The van der Waals surface area contributed by atoms with Gasteiger partial charge in [-0.3, -0.25) is 9.36 Å². The predicted octanol–water partition coefficient (Wildman–Crippen LogP) is 5.21. The SMILES string of the molecule is CC(Sc1nnc(-c2ccccc2)n1-c1ccc(F)cc1)C(=O)N(C)Cc1ccccc1. The average Bonchev–Trinajstić information content (AvgIpc) is 3.23. The molecule has 0 bridgehead atoms. The maximum absolute atomic E-state index is 13.5. The van der Waals surface area contributed by atoms with Gasteiger partial charge in [-0.2, -0.15) is 0 Å². The van der Waals surface area contributed by atoms with Gasteiger partial charge >= 0.3 is 0 Å². The van der Waals surface area contributed by atoms with Crippen molar-refractivity contribution >= 4 is 17.7 Å². The number of aromatic nitrogens is 3. The summed E-state index contributed by atoms with van der Waals surface area (Å²) in [5.41, 5.74) is 2.69. The molecule has 0 aliphatic rings. The van der Waals surface area contributed by atoms with Crippen molar-refractivity contribution in [1.82, 2.24) is 19.7 Å². The fraction of sp³-hybridized carbons (Fsp3) is 0.160. The van der Waals surface area contributed by atoms with E-state index >= 15 is 0 Å². The molecule has 32 heavy (non-hydrogen) atoms. The highest BCUT2D eigenvalue weighted by atomic mass is 32.2. The lowest BCUT2D eigenvalue weighted by Gasteiger charge is -2.21. The Morgan fingerprint density at radius 2 is 1.59 bits per heavy atom. The maximum Gasteiger partial charge on any atom is 0.235 e. The van der Waals surface area contributed by atoms with E-state index in [0.717, 1.165) is 16.8 Å². The number of benzene rings is 3. The van der Waals surface area contributed by atoms with Gasteiger partial charge in [-0.1, -0.05) is 72.4 Å². The van der Waals surface area contributed by atoms with Crippen LogP contribution in [0.15, 0.2) is 90.1 Å². The average molecular weight is 447 g/mol. The number of amides is 1. The highest BCUT2D eigenvalue weighted by molar-refractivity contribution is 8.00. The Morgan fingerprint density at radius 1 is 0.969 bits per heavy atom. The quantitative estimate of drug-likeness (QED) is 0.366. The van der Waals surface area contributed by atoms with Crippen molar-refractivity contribution in [3.05, 3.63) is 96.3 Å². The molecule has 1 atom stereocenters. The van der Waals surface area contributed by atoms with E-state index in [9.17, 15) is 9.18 Å². The van der Waals surface area contributed by atoms with Gasteiger partial charge in [-0.05, 0) is 36.8 Å². The summed E-state index contributed by atoms with van der Waals surface area (Å²) in [6, 6.07) is 25.7. The number of carbonyl (C=O) groups is 1. The van der Waals surface area contributed by atoms with E-state index in [0.29, 0.717) is 17.5 Å². The lowest BCUT2D eigenvalue weighted by atomic mass is 10.2. The molecule has 0 saturated carbocycles. The Kier molecular flexibility index (Phi) is 6.66. The van der Waals surface area contributed by atoms with Gasteiger partial charge in [0, 0.05) is 24.8 Å². The molecule has 1 heterocycles. The molecule has 0 fully saturated rings. The lowest BCUT2D eigenvalue weighted by molar-refractivity contribution is -0.129. The van der Waals surface area contributed by atoms with Crippen molar-refractivity contribution in [2.24, 2.45) is 0 Å². The Morgan fingerprint density at radius 3 is 2.25 bits per heavy atom. The molecular weight excluding hydrogens is 423 g/mol. The van der Waals surface area contributed by atoms with E-state index in [4.69, 9.17) is 0 Å². The minimum Gasteiger partial charge on any atom is -0.340 e. The van der Waals surface area contributed by atoms with E-state index in [-0.39, 0.29) is 17.0 Å². The summed E-state index contributed by atoms with van der Waals surface area (Å²) in [7, 11) is 1.80. The Balaban J connectivity index is 1.61. The fourth-order valence-electron chi connectivity index (χ4n) is 3.40. The Labute approximate surface area is 190 Å². The number of halogens is 1. The molecule has 0 spiro atoms. The number of hydrogen-bond acceptors (Lipinski definition) is 4. The van der Waals surface area contributed by atoms with E-state index in [1.165, 1.54) is 23.9 Å². The van der Waals surface area contributed by atoms with Crippen LogP contribution in [0.5, 0.6) is 0 Å². The zero-order chi connectivity index (χ0) is 22.5. The zero-order valence-corrected chi connectivity index (χ0v) is 18.7. The van der Waals surface area contributed by atoms with Crippen molar-refractivity contribution in [3.8, 4) is 17.1 Å². The molecule has 3 aromatic carbocycles. The third-order valence-electron chi connectivity index (χ3n) is 5.02. The highest BCUT2D eigenvalue weighted by Crippen LogP contribution is 2.30. The first-order chi connectivity index (χ1) is 15.5. The van der Waals surface area contributed by atoms with Gasteiger partial charge in [-0.25, -0.2) is 4.39 Å². The molecule has 0 saturated heterocycles.